The highest BCUT2D eigenvalue weighted by molar-refractivity contribution is 5.13. The van der Waals surface area contributed by atoms with Crippen molar-refractivity contribution in [2.45, 2.75) is 38.5 Å². The summed E-state index contributed by atoms with van der Waals surface area (Å²) in [6, 6.07) is 0. The van der Waals surface area contributed by atoms with Crippen LogP contribution in [0.1, 0.15) is 38.5 Å². The summed E-state index contributed by atoms with van der Waals surface area (Å²) in [5, 5.41) is 0. The Morgan fingerprint density at radius 2 is 2.11 bits per heavy atom. The molecule has 0 N–H and O–H groups in total. The fraction of sp³-hybridized carbons (Fsp3) is 0.778. The Kier molecular flexibility index (Phi) is 1.33. The molecule has 1 fully saturated rings. The molecule has 9 heavy (non-hydrogen) atoms. The molecule has 0 bridgehead atoms. The number of hydrogen-bond donors (Lipinski definition) is 0. The van der Waals surface area contributed by atoms with Crippen LogP contribution in [-0.2, 0) is 0 Å². The predicted octanol–water partition coefficient (Wildman–Crippen LogP) is 2.90. The van der Waals surface area contributed by atoms with Crippen molar-refractivity contribution in [3.63, 3.8) is 0 Å². The molecule has 1 atom stereocenters. The summed E-state index contributed by atoms with van der Waals surface area (Å²) in [4.78, 5) is 0. The van der Waals surface area contributed by atoms with Gasteiger partial charge in [0.05, 0.1) is 0 Å². The van der Waals surface area contributed by atoms with Crippen LogP contribution in [0.2, 0.25) is 0 Å². The minimum atomic E-state index is 1.03. The van der Waals surface area contributed by atoms with Gasteiger partial charge in [-0.3, -0.25) is 0 Å². The lowest BCUT2D eigenvalue weighted by Gasteiger charge is -2.15. The number of allylic oxidation sites excluding steroid dienone is 2. The van der Waals surface area contributed by atoms with E-state index in [1.54, 1.807) is 5.57 Å². The van der Waals surface area contributed by atoms with Gasteiger partial charge in [-0.2, -0.15) is 0 Å². The van der Waals surface area contributed by atoms with Crippen LogP contribution in [0.25, 0.3) is 0 Å². The van der Waals surface area contributed by atoms with Gasteiger partial charge in [0, 0.05) is 0 Å². The third-order valence-electron chi connectivity index (χ3n) is 2.71. The van der Waals surface area contributed by atoms with Crippen molar-refractivity contribution in [2.24, 2.45) is 5.92 Å². The van der Waals surface area contributed by atoms with Crippen LogP contribution in [0.5, 0.6) is 0 Å². The van der Waals surface area contributed by atoms with Gasteiger partial charge in [-0.1, -0.05) is 11.6 Å². The fourth-order valence-corrected chi connectivity index (χ4v) is 2.19. The lowest BCUT2D eigenvalue weighted by molar-refractivity contribution is 0.526. The standard InChI is InChI=1S/C9H14/c1-2-5-9-7-3-6-8(9)4-1/h4,9H,1-3,5-7H2/t9-/m1/s1. The van der Waals surface area contributed by atoms with Crippen LogP contribution < -0.4 is 0 Å². The second-order valence-corrected chi connectivity index (χ2v) is 3.30. The predicted molar refractivity (Wildman–Crippen MR) is 39.3 cm³/mol. The van der Waals surface area contributed by atoms with Crippen LogP contribution >= 0.6 is 0 Å². The summed E-state index contributed by atoms with van der Waals surface area (Å²) in [6.45, 7) is 0. The summed E-state index contributed by atoms with van der Waals surface area (Å²) >= 11 is 0. The van der Waals surface area contributed by atoms with Gasteiger partial charge in [-0.15, -0.1) is 0 Å². The van der Waals surface area contributed by atoms with E-state index in [1.165, 1.54) is 38.5 Å². The lowest BCUT2D eigenvalue weighted by Crippen LogP contribution is -2.00. The van der Waals surface area contributed by atoms with Crippen LogP contribution in [0.3, 0.4) is 0 Å². The Balaban J connectivity index is 2.16. The molecule has 0 unspecified atom stereocenters. The molecule has 0 aromatic carbocycles. The second kappa shape index (κ2) is 2.17. The molecule has 0 heteroatoms. The van der Waals surface area contributed by atoms with Gasteiger partial charge in [0.25, 0.3) is 0 Å². The normalized spacial score (nSPS) is 33.8. The summed E-state index contributed by atoms with van der Waals surface area (Å²) in [5.74, 6) is 1.03. The topological polar surface area (TPSA) is 0 Å². The molecule has 1 saturated carbocycles. The Morgan fingerprint density at radius 1 is 1.22 bits per heavy atom. The van der Waals surface area contributed by atoms with E-state index in [4.69, 9.17) is 0 Å². The zero-order valence-corrected chi connectivity index (χ0v) is 5.90. The first-order valence-corrected chi connectivity index (χ1v) is 4.16. The fourth-order valence-electron chi connectivity index (χ4n) is 2.19. The molecule has 0 aromatic heterocycles. The van der Waals surface area contributed by atoms with Gasteiger partial charge >= 0.3 is 0 Å². The van der Waals surface area contributed by atoms with Crippen molar-refractivity contribution < 1.29 is 0 Å². The maximum absolute atomic E-state index is 2.49. The van der Waals surface area contributed by atoms with Gasteiger partial charge in [-0.25, -0.2) is 0 Å². The third kappa shape index (κ3) is 0.910. The van der Waals surface area contributed by atoms with Gasteiger partial charge < -0.3 is 0 Å². The Morgan fingerprint density at radius 3 is 3.00 bits per heavy atom. The van der Waals surface area contributed by atoms with Gasteiger partial charge in [0.2, 0.25) is 0 Å². The van der Waals surface area contributed by atoms with E-state index in [0.29, 0.717) is 0 Å². The average molecular weight is 122 g/mol. The lowest BCUT2D eigenvalue weighted by atomic mass is 9.90. The number of fused-ring (bicyclic) bond motifs is 1. The van der Waals surface area contributed by atoms with E-state index >= 15 is 0 Å². The molecule has 0 aliphatic heterocycles. The van der Waals surface area contributed by atoms with Gasteiger partial charge in [-0.05, 0) is 44.4 Å². The zero-order valence-electron chi connectivity index (χ0n) is 5.90. The smallest absolute Gasteiger partial charge is 0.0203 e. The summed E-state index contributed by atoms with van der Waals surface area (Å²) in [7, 11) is 0. The van der Waals surface area contributed by atoms with Crippen molar-refractivity contribution in [2.75, 3.05) is 0 Å². The SMILES string of the molecule is C1=C2CCC[C@H]2CCC1. The third-order valence-corrected chi connectivity index (χ3v) is 2.71. The Bertz CT molecular complexity index is 133. The minimum Gasteiger partial charge on any atom is -0.0851 e. The van der Waals surface area contributed by atoms with Crippen LogP contribution in [-0.4, -0.2) is 0 Å². The summed E-state index contributed by atoms with van der Waals surface area (Å²) < 4.78 is 0. The van der Waals surface area contributed by atoms with Crippen molar-refractivity contribution in [3.8, 4) is 0 Å². The van der Waals surface area contributed by atoms with E-state index in [1.807, 2.05) is 0 Å². The second-order valence-electron chi connectivity index (χ2n) is 3.30. The molecule has 0 heterocycles. The van der Waals surface area contributed by atoms with Crippen LogP contribution in [0, 0.1) is 5.92 Å². The highest BCUT2D eigenvalue weighted by Crippen LogP contribution is 2.37. The minimum absolute atomic E-state index is 1.03. The maximum Gasteiger partial charge on any atom is -0.0203 e. The van der Waals surface area contributed by atoms with Crippen molar-refractivity contribution in [1.29, 1.82) is 0 Å². The van der Waals surface area contributed by atoms with Crippen molar-refractivity contribution in [1.82, 2.24) is 0 Å². The average Bonchev–Trinajstić information content (AvgIpc) is 2.33. The van der Waals surface area contributed by atoms with Crippen LogP contribution in [0.15, 0.2) is 11.6 Å². The first-order chi connectivity index (χ1) is 4.47. The summed E-state index contributed by atoms with van der Waals surface area (Å²) in [6.07, 6.45) is 11.2. The molecule has 0 spiro atoms. The van der Waals surface area contributed by atoms with E-state index in [-0.39, 0.29) is 0 Å². The molecule has 0 aromatic rings. The van der Waals surface area contributed by atoms with E-state index in [2.05, 4.69) is 6.08 Å². The van der Waals surface area contributed by atoms with E-state index in [9.17, 15) is 0 Å². The quantitative estimate of drug-likeness (QED) is 0.433. The Hall–Kier alpha value is -0.260. The highest BCUT2D eigenvalue weighted by Gasteiger charge is 2.21. The molecule has 2 aliphatic carbocycles. The van der Waals surface area contributed by atoms with E-state index in [0.717, 1.165) is 5.92 Å². The molecule has 2 rings (SSSR count). The highest BCUT2D eigenvalue weighted by atomic mass is 14.3. The molecule has 0 nitrogen and oxygen atoms in total. The monoisotopic (exact) mass is 122 g/mol. The molecule has 50 valence electrons. The maximum atomic E-state index is 2.49. The molecular weight excluding hydrogens is 108 g/mol. The zero-order chi connectivity index (χ0) is 6.10. The molecule has 0 radical (unpaired) electrons. The number of rotatable bonds is 0. The molecular formula is C9H14. The Labute approximate surface area is 57.0 Å². The first-order valence-electron chi connectivity index (χ1n) is 4.16. The molecule has 0 amide bonds. The van der Waals surface area contributed by atoms with Crippen molar-refractivity contribution in [3.05, 3.63) is 11.6 Å². The molecule has 0 saturated heterocycles. The summed E-state index contributed by atoms with van der Waals surface area (Å²) in [5.41, 5.74) is 1.79. The first kappa shape index (κ1) is 5.52. The van der Waals surface area contributed by atoms with Gasteiger partial charge in [0.1, 0.15) is 0 Å². The van der Waals surface area contributed by atoms with E-state index < -0.39 is 0 Å². The number of hydrogen-bond acceptors (Lipinski definition) is 0. The molecule has 2 aliphatic rings. The van der Waals surface area contributed by atoms with Gasteiger partial charge in [0.15, 0.2) is 0 Å². The van der Waals surface area contributed by atoms with Crippen LogP contribution in [0.4, 0.5) is 0 Å². The van der Waals surface area contributed by atoms with Crippen molar-refractivity contribution >= 4 is 0 Å². The largest absolute Gasteiger partial charge is 0.0851 e.